The maximum absolute atomic E-state index is 11.3. The highest BCUT2D eigenvalue weighted by atomic mass is 19.3. The van der Waals surface area contributed by atoms with E-state index in [0.29, 0.717) is 0 Å². The van der Waals surface area contributed by atoms with Gasteiger partial charge < -0.3 is 5.11 Å². The summed E-state index contributed by atoms with van der Waals surface area (Å²) in [5.41, 5.74) is 0. The Morgan fingerprint density at radius 1 is 1.33 bits per heavy atom. The third kappa shape index (κ3) is 1.10. The second-order valence-corrected chi connectivity index (χ2v) is 1.54. The van der Waals surface area contributed by atoms with Crippen LogP contribution in [0, 0.1) is 0 Å². The predicted octanol–water partition coefficient (Wildman–Crippen LogP) is 1.66. The second-order valence-electron chi connectivity index (χ2n) is 1.54. The average Bonchev–Trinajstić information content (AvgIpc) is 1.89. The minimum atomic E-state index is -0.194. The molecule has 1 aromatic rings. The molecule has 0 aliphatic heterocycles. The topological polar surface area (TPSA) is 29.5 Å². The molecule has 0 spiro atoms. The van der Waals surface area contributed by atoms with Crippen molar-refractivity contribution in [2.45, 2.75) is 0 Å². The van der Waals surface area contributed by atoms with Crippen LogP contribution in [0.1, 0.15) is 0 Å². The highest BCUT2D eigenvalue weighted by Crippen LogP contribution is 2.23. The molecule has 2 nitrogen and oxygen atoms in total. The van der Waals surface area contributed by atoms with Gasteiger partial charge in [-0.15, -0.1) is 0 Å². The minimum absolute atomic E-state index is 0.155. The highest BCUT2D eigenvalue weighted by Gasteiger charge is 1.97. The smallest absolute Gasteiger partial charge is 0.213 e. The number of benzene rings is 1. The van der Waals surface area contributed by atoms with Crippen LogP contribution in [0.2, 0.25) is 0 Å². The third-order valence-corrected chi connectivity index (χ3v) is 0.948. The van der Waals surface area contributed by atoms with E-state index < -0.39 is 0 Å². The lowest BCUT2D eigenvalue weighted by atomic mass is 10.3. The zero-order valence-corrected chi connectivity index (χ0v) is 4.54. The summed E-state index contributed by atoms with van der Waals surface area (Å²) >= 11 is 0. The zero-order valence-electron chi connectivity index (χ0n) is 4.54. The van der Waals surface area contributed by atoms with Gasteiger partial charge in [0.15, 0.2) is 5.75 Å². The number of rotatable bonds is 1. The molecule has 48 valence electrons. The Bertz CT molecular complexity index is 200. The van der Waals surface area contributed by atoms with Crippen LogP contribution in [0.3, 0.4) is 0 Å². The molecule has 0 saturated carbocycles. The number of hydrogen-bond acceptors (Lipinski definition) is 2. The number of aromatic hydroxyl groups is 1. The lowest BCUT2D eigenvalue weighted by Crippen LogP contribution is -1.74. The van der Waals surface area contributed by atoms with Gasteiger partial charge in [0.1, 0.15) is 0 Å². The Kier molecular flexibility index (Phi) is 1.53. The van der Waals surface area contributed by atoms with E-state index in [1.54, 1.807) is 12.1 Å². The maximum atomic E-state index is 11.3. The first kappa shape index (κ1) is 5.88. The third-order valence-electron chi connectivity index (χ3n) is 0.948. The van der Waals surface area contributed by atoms with Gasteiger partial charge >= 0.3 is 0 Å². The molecule has 0 aromatic heterocycles. The predicted molar refractivity (Wildman–Crippen MR) is 29.8 cm³/mol. The van der Waals surface area contributed by atoms with Crippen LogP contribution in [0.25, 0.3) is 0 Å². The molecule has 0 unspecified atom stereocenters. The molecule has 0 aliphatic carbocycles. The summed E-state index contributed by atoms with van der Waals surface area (Å²) in [6, 6.07) is 5.82. The summed E-state index contributed by atoms with van der Waals surface area (Å²) in [6.45, 7) is 0. The van der Waals surface area contributed by atoms with Gasteiger partial charge in [0.2, 0.25) is 5.75 Å². The Labute approximate surface area is 51.4 Å². The van der Waals surface area contributed by atoms with Crippen molar-refractivity contribution in [2.75, 3.05) is 0 Å². The quantitative estimate of drug-likeness (QED) is 0.623. The van der Waals surface area contributed by atoms with Crippen LogP contribution in [-0.2, 0) is 0 Å². The Balaban J connectivity index is 3.01. The van der Waals surface area contributed by atoms with Gasteiger partial charge in [0.25, 0.3) is 0 Å². The molecule has 0 heterocycles. The normalized spacial score (nSPS) is 9.00. The van der Waals surface area contributed by atoms with Gasteiger partial charge in [0, 0.05) is 4.53 Å². The molecule has 1 rings (SSSR count). The van der Waals surface area contributed by atoms with Gasteiger partial charge in [-0.1, -0.05) is 12.1 Å². The fraction of sp³-hybridized carbons (Fsp3) is 0. The van der Waals surface area contributed by atoms with Crippen LogP contribution in [0.5, 0.6) is 11.5 Å². The van der Waals surface area contributed by atoms with Gasteiger partial charge in [-0.3, -0.25) is 4.94 Å². The van der Waals surface area contributed by atoms with E-state index in [1.165, 1.54) is 12.1 Å². The molecule has 0 aliphatic rings. The molecule has 3 heteroatoms. The Morgan fingerprint density at radius 3 is 2.44 bits per heavy atom. The highest BCUT2D eigenvalue weighted by molar-refractivity contribution is 5.37. The fourth-order valence-electron chi connectivity index (χ4n) is 0.522. The molecule has 1 N–H and O–H groups in total. The van der Waals surface area contributed by atoms with Crippen molar-refractivity contribution in [2.24, 2.45) is 0 Å². The van der Waals surface area contributed by atoms with Gasteiger partial charge in [-0.05, 0) is 12.1 Å². The summed E-state index contributed by atoms with van der Waals surface area (Å²) in [4.78, 5) is 3.29. The van der Waals surface area contributed by atoms with E-state index >= 15 is 0 Å². The number of phenolic OH excluding ortho intramolecular Hbond substituents is 1. The summed E-state index contributed by atoms with van der Waals surface area (Å²) < 4.78 is 11.3. The molecule has 0 atom stereocenters. The molecule has 0 fully saturated rings. The van der Waals surface area contributed by atoms with Crippen LogP contribution in [0.4, 0.5) is 4.53 Å². The maximum Gasteiger partial charge on any atom is 0.213 e. The molecular weight excluding hydrogens is 123 g/mol. The standard InChI is InChI=1S/C6H5FO2/c7-9-6-4-2-1-3-5(6)8/h1-4,8H. The van der Waals surface area contributed by atoms with E-state index in [0.717, 1.165) is 0 Å². The molecule has 0 saturated heterocycles. The first-order valence-corrected chi connectivity index (χ1v) is 2.41. The molecule has 9 heavy (non-hydrogen) atoms. The van der Waals surface area contributed by atoms with Crippen molar-refractivity contribution in [1.29, 1.82) is 0 Å². The summed E-state index contributed by atoms with van der Waals surface area (Å²) in [7, 11) is 0. The van der Waals surface area contributed by atoms with Crippen LogP contribution in [0.15, 0.2) is 24.3 Å². The SMILES string of the molecule is Oc1ccccc1OF. The van der Waals surface area contributed by atoms with Crippen molar-refractivity contribution >= 4 is 0 Å². The first-order chi connectivity index (χ1) is 4.34. The van der Waals surface area contributed by atoms with Gasteiger partial charge in [-0.2, -0.15) is 0 Å². The molecule has 0 amide bonds. The second kappa shape index (κ2) is 2.35. The summed E-state index contributed by atoms with van der Waals surface area (Å²) in [5, 5.41) is 8.75. The van der Waals surface area contributed by atoms with Crippen LogP contribution in [-0.4, -0.2) is 5.11 Å². The van der Waals surface area contributed by atoms with E-state index in [2.05, 4.69) is 4.94 Å². The van der Waals surface area contributed by atoms with E-state index in [-0.39, 0.29) is 11.5 Å². The number of hydrogen-bond donors (Lipinski definition) is 1. The first-order valence-electron chi connectivity index (χ1n) is 2.41. The molecule has 0 bridgehead atoms. The van der Waals surface area contributed by atoms with Gasteiger partial charge in [-0.25, -0.2) is 0 Å². The molecule has 0 radical (unpaired) electrons. The number of para-hydroxylation sites is 2. The van der Waals surface area contributed by atoms with E-state index in [1.807, 2.05) is 0 Å². The number of phenols is 1. The van der Waals surface area contributed by atoms with Crippen molar-refractivity contribution < 1.29 is 14.6 Å². The fourth-order valence-corrected chi connectivity index (χ4v) is 0.522. The van der Waals surface area contributed by atoms with Crippen LogP contribution < -0.4 is 4.94 Å². The monoisotopic (exact) mass is 128 g/mol. The largest absolute Gasteiger partial charge is 0.504 e. The van der Waals surface area contributed by atoms with Crippen molar-refractivity contribution in [1.82, 2.24) is 0 Å². The summed E-state index contributed by atoms with van der Waals surface area (Å²) in [6.07, 6.45) is 0. The molecule has 1 aromatic carbocycles. The number of halogens is 1. The lowest BCUT2D eigenvalue weighted by molar-refractivity contribution is -0.00893. The van der Waals surface area contributed by atoms with Crippen molar-refractivity contribution in [3.63, 3.8) is 0 Å². The summed E-state index contributed by atoms with van der Waals surface area (Å²) in [5.74, 6) is -0.350. The minimum Gasteiger partial charge on any atom is -0.504 e. The van der Waals surface area contributed by atoms with Crippen molar-refractivity contribution in [3.8, 4) is 11.5 Å². The average molecular weight is 128 g/mol. The zero-order chi connectivity index (χ0) is 6.69. The van der Waals surface area contributed by atoms with E-state index in [9.17, 15) is 4.53 Å². The Morgan fingerprint density at radius 2 is 2.00 bits per heavy atom. The van der Waals surface area contributed by atoms with Crippen LogP contribution >= 0.6 is 0 Å². The van der Waals surface area contributed by atoms with E-state index in [4.69, 9.17) is 5.11 Å². The lowest BCUT2D eigenvalue weighted by Gasteiger charge is -1.94. The van der Waals surface area contributed by atoms with Crippen molar-refractivity contribution in [3.05, 3.63) is 24.3 Å². The molecular formula is C6H5FO2. The Hall–Kier alpha value is -1.25. The van der Waals surface area contributed by atoms with Gasteiger partial charge in [0.05, 0.1) is 0 Å².